The number of aliphatic hydroxyl groups excluding tert-OH is 1. The molecule has 0 saturated heterocycles. The summed E-state index contributed by atoms with van der Waals surface area (Å²) in [7, 11) is 0. The van der Waals surface area contributed by atoms with Crippen LogP contribution in [0.25, 0.3) is 0 Å². The highest BCUT2D eigenvalue weighted by Crippen LogP contribution is 2.21. The monoisotopic (exact) mass is 245 g/mol. The highest BCUT2D eigenvalue weighted by molar-refractivity contribution is 7.10. The zero-order valence-electron chi connectivity index (χ0n) is 8.10. The summed E-state index contributed by atoms with van der Waals surface area (Å²) in [5.74, 6) is -0.186. The summed E-state index contributed by atoms with van der Waals surface area (Å²) in [5, 5.41) is 37.0. The molecule has 0 aromatic carbocycles. The van der Waals surface area contributed by atoms with Crippen LogP contribution in [0.2, 0.25) is 0 Å². The van der Waals surface area contributed by atoms with Gasteiger partial charge in [-0.2, -0.15) is 0 Å². The lowest BCUT2D eigenvalue weighted by Gasteiger charge is -2.11. The minimum atomic E-state index is -1.23. The van der Waals surface area contributed by atoms with E-state index in [0.717, 1.165) is 0 Å². The van der Waals surface area contributed by atoms with Gasteiger partial charge in [0.05, 0.1) is 12.6 Å². The minimum Gasteiger partial charge on any atom is -0.465 e. The molecule has 7 nitrogen and oxygen atoms in total. The Kier molecular flexibility index (Phi) is 4.23. The average Bonchev–Trinajstić information content (AvgIpc) is 2.73. The second-order valence-electron chi connectivity index (χ2n) is 2.91. The first-order valence-electron chi connectivity index (χ1n) is 4.26. The third-order valence-electron chi connectivity index (χ3n) is 1.84. The molecule has 88 valence electrons. The first-order chi connectivity index (χ1) is 7.58. The summed E-state index contributed by atoms with van der Waals surface area (Å²) < 4.78 is 0. The normalized spacial score (nSPS) is 11.9. The second kappa shape index (κ2) is 5.45. The first kappa shape index (κ1) is 12.4. The zero-order chi connectivity index (χ0) is 12.1. The molecular weight excluding hydrogens is 234 g/mol. The van der Waals surface area contributed by atoms with Crippen molar-refractivity contribution in [2.24, 2.45) is 0 Å². The van der Waals surface area contributed by atoms with Gasteiger partial charge in [0.1, 0.15) is 5.84 Å². The van der Waals surface area contributed by atoms with E-state index in [2.05, 4.69) is 5.32 Å². The highest BCUT2D eigenvalue weighted by atomic mass is 32.1. The van der Waals surface area contributed by atoms with E-state index in [-0.39, 0.29) is 12.4 Å². The number of amidine groups is 1. The summed E-state index contributed by atoms with van der Waals surface area (Å²) in [4.78, 5) is 11.0. The molecular formula is C8H11N3O4S. The van der Waals surface area contributed by atoms with Gasteiger partial charge in [-0.15, -0.1) is 11.3 Å². The number of amides is 1. The van der Waals surface area contributed by atoms with Crippen LogP contribution in [-0.4, -0.2) is 34.0 Å². The number of thiophene rings is 1. The Morgan fingerprint density at radius 2 is 2.31 bits per heavy atom. The van der Waals surface area contributed by atoms with E-state index in [9.17, 15) is 4.79 Å². The van der Waals surface area contributed by atoms with Gasteiger partial charge in [-0.25, -0.2) is 4.79 Å². The van der Waals surface area contributed by atoms with Gasteiger partial charge in [-0.05, 0) is 6.07 Å². The maximum Gasteiger partial charge on any atom is 0.405 e. The molecule has 0 radical (unpaired) electrons. The Hall–Kier alpha value is -1.64. The van der Waals surface area contributed by atoms with Crippen LogP contribution in [0.3, 0.4) is 0 Å². The van der Waals surface area contributed by atoms with Gasteiger partial charge in [-0.3, -0.25) is 16.1 Å². The molecule has 0 spiro atoms. The molecule has 0 aliphatic heterocycles. The van der Waals surface area contributed by atoms with E-state index in [0.29, 0.717) is 10.4 Å². The zero-order valence-corrected chi connectivity index (χ0v) is 8.91. The van der Waals surface area contributed by atoms with Gasteiger partial charge >= 0.3 is 6.09 Å². The van der Waals surface area contributed by atoms with E-state index in [4.69, 9.17) is 20.8 Å². The Morgan fingerprint density at radius 1 is 1.62 bits per heavy atom. The van der Waals surface area contributed by atoms with Crippen molar-refractivity contribution >= 4 is 23.3 Å². The maximum absolute atomic E-state index is 10.4. The number of nitrogens with one attached hydrogen (secondary N) is 3. The molecule has 6 N–H and O–H groups in total. The predicted molar refractivity (Wildman–Crippen MR) is 57.1 cm³/mol. The lowest BCUT2D eigenvalue weighted by atomic mass is 10.2. The highest BCUT2D eigenvalue weighted by Gasteiger charge is 2.16. The molecule has 1 amide bonds. The quantitative estimate of drug-likeness (QED) is 0.259. The van der Waals surface area contributed by atoms with Gasteiger partial charge in [0.2, 0.25) is 0 Å². The fraction of sp³-hybridized carbons (Fsp3) is 0.250. The largest absolute Gasteiger partial charge is 0.465 e. The smallest absolute Gasteiger partial charge is 0.405 e. The third kappa shape index (κ3) is 2.92. The van der Waals surface area contributed by atoms with Gasteiger partial charge in [0.25, 0.3) is 0 Å². The standard InChI is InChI=1S/C8H11N3O4S/c9-7(11-15)4-1-6(16-3-4)5(2-12)10-8(13)14/h1,3,5,10,12,15H,2H2,(H2,9,11)(H,13,14). The number of hydrogen-bond acceptors (Lipinski definition) is 5. The van der Waals surface area contributed by atoms with Crippen molar-refractivity contribution in [3.05, 3.63) is 21.9 Å². The molecule has 1 aromatic heterocycles. The molecule has 1 heterocycles. The molecule has 0 saturated carbocycles. The van der Waals surface area contributed by atoms with Crippen LogP contribution in [0.5, 0.6) is 0 Å². The fourth-order valence-electron chi connectivity index (χ4n) is 1.09. The molecule has 1 aromatic rings. The first-order valence-corrected chi connectivity index (χ1v) is 5.14. The van der Waals surface area contributed by atoms with E-state index >= 15 is 0 Å². The van der Waals surface area contributed by atoms with E-state index in [1.165, 1.54) is 17.4 Å². The van der Waals surface area contributed by atoms with E-state index in [1.54, 1.807) is 10.9 Å². The van der Waals surface area contributed by atoms with Crippen molar-refractivity contribution < 1.29 is 20.2 Å². The maximum atomic E-state index is 10.4. The number of hydroxylamine groups is 1. The molecule has 0 bridgehead atoms. The summed E-state index contributed by atoms with van der Waals surface area (Å²) in [5.41, 5.74) is 2.11. The molecule has 1 rings (SSSR count). The summed E-state index contributed by atoms with van der Waals surface area (Å²) in [6.45, 7) is -0.369. The van der Waals surface area contributed by atoms with Crippen LogP contribution in [0.4, 0.5) is 4.79 Å². The van der Waals surface area contributed by atoms with Crippen molar-refractivity contribution in [1.82, 2.24) is 10.8 Å². The molecule has 0 fully saturated rings. The number of carboxylic acid groups (broad SMARTS) is 1. The molecule has 1 atom stereocenters. The van der Waals surface area contributed by atoms with Gasteiger partial charge < -0.3 is 15.5 Å². The predicted octanol–water partition coefficient (Wildman–Crippen LogP) is 0.353. The van der Waals surface area contributed by atoms with Crippen molar-refractivity contribution in [3.8, 4) is 0 Å². The van der Waals surface area contributed by atoms with Crippen molar-refractivity contribution in [2.75, 3.05) is 6.61 Å². The number of hydrogen-bond donors (Lipinski definition) is 6. The Bertz CT molecular complexity index is 392. The summed E-state index contributed by atoms with van der Waals surface area (Å²) >= 11 is 1.19. The molecule has 1 unspecified atom stereocenters. The summed E-state index contributed by atoms with van der Waals surface area (Å²) in [6.07, 6.45) is -1.23. The van der Waals surface area contributed by atoms with Crippen molar-refractivity contribution in [1.29, 1.82) is 5.41 Å². The van der Waals surface area contributed by atoms with Crippen LogP contribution in [0, 0.1) is 5.41 Å². The van der Waals surface area contributed by atoms with E-state index in [1.807, 2.05) is 0 Å². The summed E-state index contributed by atoms with van der Waals surface area (Å²) in [6, 6.07) is 0.801. The molecule has 8 heteroatoms. The Labute approximate surface area is 94.8 Å². The lowest BCUT2D eigenvalue weighted by Crippen LogP contribution is -2.28. The van der Waals surface area contributed by atoms with Gasteiger partial charge in [0, 0.05) is 15.8 Å². The van der Waals surface area contributed by atoms with E-state index < -0.39 is 12.1 Å². The average molecular weight is 245 g/mol. The van der Waals surface area contributed by atoms with Crippen LogP contribution >= 0.6 is 11.3 Å². The third-order valence-corrected chi connectivity index (χ3v) is 2.89. The lowest BCUT2D eigenvalue weighted by molar-refractivity contribution is 0.178. The van der Waals surface area contributed by atoms with Crippen molar-refractivity contribution in [2.45, 2.75) is 6.04 Å². The molecule has 16 heavy (non-hydrogen) atoms. The number of aliphatic hydroxyl groups is 1. The Balaban J connectivity index is 2.82. The van der Waals surface area contributed by atoms with Crippen LogP contribution in [0.1, 0.15) is 16.5 Å². The van der Waals surface area contributed by atoms with Crippen LogP contribution < -0.4 is 10.8 Å². The topological polar surface area (TPSA) is 126 Å². The number of carbonyl (C=O) groups is 1. The van der Waals surface area contributed by atoms with Gasteiger partial charge in [0.15, 0.2) is 0 Å². The van der Waals surface area contributed by atoms with Gasteiger partial charge in [-0.1, -0.05) is 0 Å². The molecule has 0 aliphatic carbocycles. The fourth-order valence-corrected chi connectivity index (χ4v) is 2.03. The number of rotatable bonds is 4. The minimum absolute atomic E-state index is 0.186. The second-order valence-corrected chi connectivity index (χ2v) is 3.85. The SMILES string of the molecule is N=C(NO)c1csc(C(CO)NC(=O)O)c1. The van der Waals surface area contributed by atoms with Crippen molar-refractivity contribution in [3.63, 3.8) is 0 Å². The van der Waals surface area contributed by atoms with Crippen LogP contribution in [0.15, 0.2) is 11.4 Å². The Morgan fingerprint density at radius 3 is 2.81 bits per heavy atom. The van der Waals surface area contributed by atoms with Crippen LogP contribution in [-0.2, 0) is 0 Å². The molecule has 0 aliphatic rings.